The predicted octanol–water partition coefficient (Wildman–Crippen LogP) is 0.0171. The van der Waals surface area contributed by atoms with Gasteiger partial charge in [-0.25, -0.2) is 15.0 Å². The number of fused-ring (bicyclic) bond motifs is 2. The summed E-state index contributed by atoms with van der Waals surface area (Å²) in [4.78, 5) is 13.0. The second-order valence-electron chi connectivity index (χ2n) is 7.29. The molecular weight excluding hydrogens is 362 g/mol. The summed E-state index contributed by atoms with van der Waals surface area (Å²) in [6, 6.07) is 8.60. The summed E-state index contributed by atoms with van der Waals surface area (Å²) in [6.07, 6.45) is 0.674. The number of aromatic nitrogens is 4. The van der Waals surface area contributed by atoms with Crippen molar-refractivity contribution >= 4 is 17.0 Å². The van der Waals surface area contributed by atoms with Crippen molar-refractivity contribution in [2.45, 2.75) is 43.4 Å². The van der Waals surface area contributed by atoms with Gasteiger partial charge in [-0.05, 0) is 24.0 Å². The maximum absolute atomic E-state index is 10.3. The summed E-state index contributed by atoms with van der Waals surface area (Å²) in [5.41, 5.74) is 3.73. The first-order valence-corrected chi connectivity index (χ1v) is 9.29. The van der Waals surface area contributed by atoms with Crippen LogP contribution in [0.15, 0.2) is 36.9 Å². The van der Waals surface area contributed by atoms with Crippen LogP contribution in [0.25, 0.3) is 11.2 Å². The molecule has 28 heavy (non-hydrogen) atoms. The third-order valence-electron chi connectivity index (χ3n) is 5.54. The fraction of sp³-hybridized carbons (Fsp3) is 0.421. The highest BCUT2D eigenvalue weighted by atomic mass is 16.6. The van der Waals surface area contributed by atoms with Crippen LogP contribution in [0.1, 0.15) is 17.4 Å². The van der Waals surface area contributed by atoms with Gasteiger partial charge >= 0.3 is 0 Å². The van der Waals surface area contributed by atoms with Crippen LogP contribution in [0.5, 0.6) is 0 Å². The Balaban J connectivity index is 1.42. The van der Waals surface area contributed by atoms with Crippen LogP contribution < -0.4 is 5.32 Å². The molecule has 1 aromatic carbocycles. The molecule has 0 amide bonds. The molecule has 3 heterocycles. The zero-order chi connectivity index (χ0) is 19.3. The smallest absolute Gasteiger partial charge is 0.167 e. The maximum Gasteiger partial charge on any atom is 0.167 e. The highest BCUT2D eigenvalue weighted by Crippen LogP contribution is 2.32. The normalized spacial score (nSPS) is 27.4. The quantitative estimate of drug-likeness (QED) is 0.497. The van der Waals surface area contributed by atoms with E-state index in [0.717, 1.165) is 12.8 Å². The lowest BCUT2D eigenvalue weighted by atomic mass is 10.1. The van der Waals surface area contributed by atoms with Crippen LogP contribution in [-0.2, 0) is 17.6 Å². The lowest BCUT2D eigenvalue weighted by molar-refractivity contribution is -0.0511. The minimum absolute atomic E-state index is 0.217. The van der Waals surface area contributed by atoms with Crippen molar-refractivity contribution in [2.75, 3.05) is 11.9 Å². The third kappa shape index (κ3) is 2.75. The average Bonchev–Trinajstić information content (AvgIpc) is 3.38. The molecule has 0 bridgehead atoms. The maximum atomic E-state index is 10.3. The van der Waals surface area contributed by atoms with E-state index in [1.807, 2.05) is 12.1 Å². The number of aliphatic hydroxyl groups is 3. The molecule has 0 saturated carbocycles. The number of benzene rings is 1. The molecular formula is C19H21N5O4. The van der Waals surface area contributed by atoms with Gasteiger partial charge in [0.1, 0.15) is 24.6 Å². The number of nitrogens with one attached hydrogen (secondary N) is 1. The monoisotopic (exact) mass is 383 g/mol. The van der Waals surface area contributed by atoms with E-state index < -0.39 is 24.5 Å². The number of rotatable bonds is 4. The van der Waals surface area contributed by atoms with Crippen LogP contribution in [-0.4, -0.2) is 65.8 Å². The molecule has 0 radical (unpaired) electrons. The van der Waals surface area contributed by atoms with Crippen molar-refractivity contribution in [2.24, 2.45) is 0 Å². The van der Waals surface area contributed by atoms with Gasteiger partial charge in [0.25, 0.3) is 0 Å². The molecule has 4 N–H and O–H groups in total. The van der Waals surface area contributed by atoms with Crippen molar-refractivity contribution in [1.82, 2.24) is 19.5 Å². The van der Waals surface area contributed by atoms with Gasteiger partial charge in [-0.1, -0.05) is 24.3 Å². The first-order valence-electron chi connectivity index (χ1n) is 9.29. The van der Waals surface area contributed by atoms with Crippen LogP contribution >= 0.6 is 0 Å². The van der Waals surface area contributed by atoms with E-state index in [1.54, 1.807) is 4.57 Å². The molecule has 1 aliphatic carbocycles. The van der Waals surface area contributed by atoms with E-state index >= 15 is 0 Å². The summed E-state index contributed by atoms with van der Waals surface area (Å²) < 4.78 is 7.16. The third-order valence-corrected chi connectivity index (χ3v) is 5.54. The molecule has 3 aromatic rings. The lowest BCUT2D eigenvalue weighted by Crippen LogP contribution is -2.33. The summed E-state index contributed by atoms with van der Waals surface area (Å²) in [7, 11) is 0. The van der Waals surface area contributed by atoms with E-state index in [1.165, 1.54) is 23.8 Å². The number of hydrogen-bond donors (Lipinski definition) is 4. The van der Waals surface area contributed by atoms with Crippen molar-refractivity contribution in [3.8, 4) is 0 Å². The Labute approximate surface area is 160 Å². The number of anilines is 1. The second-order valence-corrected chi connectivity index (χ2v) is 7.29. The second kappa shape index (κ2) is 6.78. The first-order chi connectivity index (χ1) is 13.7. The van der Waals surface area contributed by atoms with E-state index in [9.17, 15) is 15.3 Å². The Kier molecular flexibility index (Phi) is 4.24. The summed E-state index contributed by atoms with van der Waals surface area (Å²) in [5, 5.41) is 33.1. The zero-order valence-electron chi connectivity index (χ0n) is 15.0. The van der Waals surface area contributed by atoms with Gasteiger partial charge in [0.05, 0.1) is 12.9 Å². The molecule has 0 unspecified atom stereocenters. The Bertz CT molecular complexity index is 984. The molecule has 9 heteroatoms. The van der Waals surface area contributed by atoms with Crippen molar-refractivity contribution < 1.29 is 20.1 Å². The van der Waals surface area contributed by atoms with Gasteiger partial charge < -0.3 is 25.4 Å². The van der Waals surface area contributed by atoms with Gasteiger partial charge in [0, 0.05) is 6.04 Å². The highest BCUT2D eigenvalue weighted by Gasteiger charge is 2.44. The van der Waals surface area contributed by atoms with Gasteiger partial charge in [0.2, 0.25) is 0 Å². The number of hydrogen-bond acceptors (Lipinski definition) is 8. The van der Waals surface area contributed by atoms with Crippen molar-refractivity contribution in [3.63, 3.8) is 0 Å². The van der Waals surface area contributed by atoms with Gasteiger partial charge in [-0.2, -0.15) is 0 Å². The van der Waals surface area contributed by atoms with Gasteiger partial charge in [0.15, 0.2) is 23.2 Å². The summed E-state index contributed by atoms with van der Waals surface area (Å²) in [5.74, 6) is 0.619. The summed E-state index contributed by atoms with van der Waals surface area (Å²) in [6.45, 7) is -0.384. The molecule has 2 aromatic heterocycles. The van der Waals surface area contributed by atoms with Gasteiger partial charge in [-0.15, -0.1) is 0 Å². The molecule has 0 spiro atoms. The van der Waals surface area contributed by atoms with Crippen LogP contribution in [0.4, 0.5) is 5.82 Å². The molecule has 5 rings (SSSR count). The fourth-order valence-electron chi connectivity index (χ4n) is 4.11. The Morgan fingerprint density at radius 2 is 1.82 bits per heavy atom. The average molecular weight is 383 g/mol. The molecule has 1 saturated heterocycles. The molecule has 2 aliphatic rings. The largest absolute Gasteiger partial charge is 0.394 e. The lowest BCUT2D eigenvalue weighted by Gasteiger charge is -2.17. The standard InChI is InChI=1S/C19H21N5O4/c25-7-13-15(26)16(27)19(28-13)24-9-22-14-17(20-8-21-18(14)24)23-12-5-10-3-1-2-4-11(10)6-12/h1-4,8-9,12-13,15-16,19,25-27H,5-7H2,(H,20,21,23)/t13-,15-,16-,19-/m1/s1. The Morgan fingerprint density at radius 1 is 1.07 bits per heavy atom. The Hall–Kier alpha value is -2.59. The topological polar surface area (TPSA) is 126 Å². The van der Waals surface area contributed by atoms with Crippen molar-refractivity contribution in [1.29, 1.82) is 0 Å². The van der Waals surface area contributed by atoms with E-state index in [2.05, 4.69) is 32.4 Å². The number of imidazole rings is 1. The van der Waals surface area contributed by atoms with Gasteiger partial charge in [-0.3, -0.25) is 4.57 Å². The molecule has 1 fully saturated rings. The van der Waals surface area contributed by atoms with E-state index in [-0.39, 0.29) is 12.6 Å². The minimum atomic E-state index is -1.19. The number of aliphatic hydroxyl groups excluding tert-OH is 3. The van der Waals surface area contributed by atoms with Crippen LogP contribution in [0, 0.1) is 0 Å². The molecule has 146 valence electrons. The fourth-order valence-corrected chi connectivity index (χ4v) is 4.11. The molecule has 9 nitrogen and oxygen atoms in total. The van der Waals surface area contributed by atoms with Crippen LogP contribution in [0.2, 0.25) is 0 Å². The zero-order valence-corrected chi connectivity index (χ0v) is 15.0. The molecule has 1 aliphatic heterocycles. The molecule has 4 atom stereocenters. The Morgan fingerprint density at radius 3 is 2.50 bits per heavy atom. The predicted molar refractivity (Wildman–Crippen MR) is 99.6 cm³/mol. The van der Waals surface area contributed by atoms with E-state index in [0.29, 0.717) is 17.0 Å². The minimum Gasteiger partial charge on any atom is -0.394 e. The SMILES string of the molecule is OC[C@H]1O[C@@H](n2cnc3c(NC4Cc5ccccc5C4)ncnc32)[C@H](O)[C@@H]1O. The number of nitrogens with zero attached hydrogens (tertiary/aromatic N) is 4. The highest BCUT2D eigenvalue weighted by molar-refractivity contribution is 5.83. The first kappa shape index (κ1) is 17.5. The van der Waals surface area contributed by atoms with E-state index in [4.69, 9.17) is 4.74 Å². The van der Waals surface area contributed by atoms with Crippen molar-refractivity contribution in [3.05, 3.63) is 48.0 Å². The number of ether oxygens (including phenoxy) is 1. The van der Waals surface area contributed by atoms with Crippen LogP contribution in [0.3, 0.4) is 0 Å². The summed E-state index contributed by atoms with van der Waals surface area (Å²) >= 11 is 0.